The van der Waals surface area contributed by atoms with Gasteiger partial charge in [-0.1, -0.05) is 19.1 Å². The summed E-state index contributed by atoms with van der Waals surface area (Å²) < 4.78 is 5.11. The molecule has 0 unspecified atom stereocenters. The first-order chi connectivity index (χ1) is 8.54. The number of hydrogen-bond donors (Lipinski definition) is 2. The maximum absolute atomic E-state index is 11.6. The first-order valence-electron chi connectivity index (χ1n) is 5.61. The molecule has 0 saturated carbocycles. The van der Waals surface area contributed by atoms with Crippen molar-refractivity contribution >= 4 is 17.5 Å². The van der Waals surface area contributed by atoms with Gasteiger partial charge < -0.3 is 15.8 Å². The third-order valence-corrected chi connectivity index (χ3v) is 2.51. The number of carbonyl (C=O) groups excluding carboxylic acids is 2. The summed E-state index contributed by atoms with van der Waals surface area (Å²) in [5.41, 5.74) is 5.70. The van der Waals surface area contributed by atoms with Gasteiger partial charge in [-0.2, -0.15) is 0 Å². The van der Waals surface area contributed by atoms with Gasteiger partial charge in [0.1, 0.15) is 5.75 Å². The molecule has 0 aliphatic heterocycles. The van der Waals surface area contributed by atoms with Crippen LogP contribution in [0.2, 0.25) is 0 Å². The second-order valence-corrected chi connectivity index (χ2v) is 3.93. The standard InChI is InChI=1S/C13H17N2O3/c1-9(13(14)17)7-8-12(16)15-10-5-3-4-6-11(10)18-2/h3-6,8-9H,7H2,1-2H3,(H2,14,17)(H,15,16)/t9-/m0/s1. The Bertz CT molecular complexity index is 432. The average Bonchev–Trinajstić information content (AvgIpc) is 2.36. The summed E-state index contributed by atoms with van der Waals surface area (Å²) in [5, 5.41) is 2.68. The molecular formula is C13H17N2O3. The predicted octanol–water partition coefficient (Wildman–Crippen LogP) is 1.35. The van der Waals surface area contributed by atoms with E-state index in [0.717, 1.165) is 0 Å². The summed E-state index contributed by atoms with van der Waals surface area (Å²) in [4.78, 5) is 22.5. The highest BCUT2D eigenvalue weighted by Gasteiger charge is 2.12. The second kappa shape index (κ2) is 6.64. The van der Waals surface area contributed by atoms with Crippen LogP contribution in [0.25, 0.3) is 0 Å². The zero-order valence-electron chi connectivity index (χ0n) is 10.5. The molecule has 0 spiro atoms. The number of methoxy groups -OCH3 is 1. The summed E-state index contributed by atoms with van der Waals surface area (Å²) in [6, 6.07) is 7.10. The number of nitrogens with two attached hydrogens (primary N) is 1. The van der Waals surface area contributed by atoms with Gasteiger partial charge in [-0.3, -0.25) is 9.59 Å². The van der Waals surface area contributed by atoms with E-state index in [9.17, 15) is 9.59 Å². The summed E-state index contributed by atoms with van der Waals surface area (Å²) in [6.45, 7) is 1.68. The molecule has 0 fully saturated rings. The highest BCUT2D eigenvalue weighted by Crippen LogP contribution is 2.23. The quantitative estimate of drug-likeness (QED) is 0.798. The van der Waals surface area contributed by atoms with Crippen LogP contribution in [0.5, 0.6) is 5.75 Å². The lowest BCUT2D eigenvalue weighted by atomic mass is 10.1. The van der Waals surface area contributed by atoms with E-state index in [4.69, 9.17) is 10.5 Å². The molecule has 1 rings (SSSR count). The van der Waals surface area contributed by atoms with Crippen LogP contribution >= 0.6 is 0 Å². The molecular weight excluding hydrogens is 232 g/mol. The lowest BCUT2D eigenvalue weighted by Crippen LogP contribution is -2.22. The van der Waals surface area contributed by atoms with Gasteiger partial charge in [0.25, 0.3) is 0 Å². The van der Waals surface area contributed by atoms with Crippen molar-refractivity contribution in [2.45, 2.75) is 13.3 Å². The van der Waals surface area contributed by atoms with Crippen molar-refractivity contribution in [2.24, 2.45) is 11.7 Å². The Hall–Kier alpha value is -2.04. The van der Waals surface area contributed by atoms with E-state index in [1.807, 2.05) is 6.07 Å². The van der Waals surface area contributed by atoms with Gasteiger partial charge in [0, 0.05) is 5.92 Å². The molecule has 97 valence electrons. The first-order valence-corrected chi connectivity index (χ1v) is 5.61. The van der Waals surface area contributed by atoms with Gasteiger partial charge in [-0.25, -0.2) is 0 Å². The molecule has 1 aromatic rings. The number of amides is 2. The molecule has 0 aromatic heterocycles. The zero-order chi connectivity index (χ0) is 13.5. The monoisotopic (exact) mass is 249 g/mol. The molecule has 18 heavy (non-hydrogen) atoms. The summed E-state index contributed by atoms with van der Waals surface area (Å²) in [5.74, 6) is -0.473. The number of carbonyl (C=O) groups is 2. The van der Waals surface area contributed by atoms with Crippen LogP contribution in [0, 0.1) is 12.3 Å². The van der Waals surface area contributed by atoms with E-state index in [-0.39, 0.29) is 11.8 Å². The average molecular weight is 249 g/mol. The van der Waals surface area contributed by atoms with E-state index in [0.29, 0.717) is 17.9 Å². The fourth-order valence-corrected chi connectivity index (χ4v) is 1.33. The van der Waals surface area contributed by atoms with Crippen LogP contribution < -0.4 is 15.8 Å². The topological polar surface area (TPSA) is 81.4 Å². The number of benzene rings is 1. The van der Waals surface area contributed by atoms with E-state index in [2.05, 4.69) is 5.32 Å². The number of para-hydroxylation sites is 2. The highest BCUT2D eigenvalue weighted by molar-refractivity contribution is 5.98. The molecule has 0 bridgehead atoms. The number of ether oxygens (including phenoxy) is 1. The number of primary amides is 1. The van der Waals surface area contributed by atoms with Crippen LogP contribution in [0.15, 0.2) is 24.3 Å². The summed E-state index contributed by atoms with van der Waals surface area (Å²) in [7, 11) is 1.53. The van der Waals surface area contributed by atoms with Gasteiger partial charge >= 0.3 is 0 Å². The fraction of sp³-hybridized carbons (Fsp3) is 0.308. The van der Waals surface area contributed by atoms with Crippen molar-refractivity contribution in [1.82, 2.24) is 0 Å². The minimum absolute atomic E-state index is 0.285. The molecule has 5 nitrogen and oxygen atoms in total. The van der Waals surface area contributed by atoms with Gasteiger partial charge in [-0.15, -0.1) is 0 Å². The minimum atomic E-state index is -0.420. The van der Waals surface area contributed by atoms with Gasteiger partial charge in [0.2, 0.25) is 11.8 Å². The number of nitrogens with one attached hydrogen (secondary N) is 1. The van der Waals surface area contributed by atoms with Crippen LogP contribution in [-0.2, 0) is 9.59 Å². The summed E-state index contributed by atoms with van der Waals surface area (Å²) >= 11 is 0. The molecule has 0 saturated heterocycles. The Morgan fingerprint density at radius 1 is 1.44 bits per heavy atom. The zero-order valence-corrected chi connectivity index (χ0v) is 10.5. The number of rotatable bonds is 6. The third kappa shape index (κ3) is 4.08. The van der Waals surface area contributed by atoms with Gasteiger partial charge in [0.15, 0.2) is 0 Å². The minimum Gasteiger partial charge on any atom is -0.495 e. The molecule has 2 amide bonds. The van der Waals surface area contributed by atoms with Crippen molar-refractivity contribution in [3.05, 3.63) is 30.7 Å². The van der Waals surface area contributed by atoms with E-state index < -0.39 is 5.91 Å². The number of anilines is 1. The molecule has 1 atom stereocenters. The van der Waals surface area contributed by atoms with Crippen LogP contribution in [0.4, 0.5) is 5.69 Å². The SMILES string of the molecule is COc1ccccc1NC(=O)[CH]C[C@H](C)C(N)=O. The Morgan fingerprint density at radius 2 is 2.11 bits per heavy atom. The Kier molecular flexibility index (Phi) is 5.17. The maximum Gasteiger partial charge on any atom is 0.228 e. The molecule has 0 aliphatic carbocycles. The largest absolute Gasteiger partial charge is 0.495 e. The molecule has 1 aromatic carbocycles. The smallest absolute Gasteiger partial charge is 0.228 e. The summed E-state index contributed by atoms with van der Waals surface area (Å²) in [6.07, 6.45) is 1.72. The Morgan fingerprint density at radius 3 is 2.72 bits per heavy atom. The van der Waals surface area contributed by atoms with Crippen molar-refractivity contribution < 1.29 is 14.3 Å². The van der Waals surface area contributed by atoms with Crippen molar-refractivity contribution in [3.63, 3.8) is 0 Å². The molecule has 3 N–H and O–H groups in total. The lowest BCUT2D eigenvalue weighted by molar-refractivity contribution is -0.121. The molecule has 0 aliphatic rings. The molecule has 1 radical (unpaired) electrons. The molecule has 5 heteroatoms. The Labute approximate surface area is 106 Å². The van der Waals surface area contributed by atoms with Crippen molar-refractivity contribution in [2.75, 3.05) is 12.4 Å². The van der Waals surface area contributed by atoms with Crippen LogP contribution in [0.3, 0.4) is 0 Å². The highest BCUT2D eigenvalue weighted by atomic mass is 16.5. The molecule has 0 heterocycles. The van der Waals surface area contributed by atoms with E-state index in [1.165, 1.54) is 13.5 Å². The predicted molar refractivity (Wildman–Crippen MR) is 68.9 cm³/mol. The fourth-order valence-electron chi connectivity index (χ4n) is 1.33. The normalized spacial score (nSPS) is 11.7. The van der Waals surface area contributed by atoms with Crippen LogP contribution in [-0.4, -0.2) is 18.9 Å². The van der Waals surface area contributed by atoms with E-state index >= 15 is 0 Å². The Balaban J connectivity index is 2.52. The van der Waals surface area contributed by atoms with E-state index in [1.54, 1.807) is 25.1 Å². The maximum atomic E-state index is 11.6. The second-order valence-electron chi connectivity index (χ2n) is 3.93. The van der Waals surface area contributed by atoms with Crippen molar-refractivity contribution in [1.29, 1.82) is 0 Å². The first kappa shape index (κ1) is 14.0. The lowest BCUT2D eigenvalue weighted by Gasteiger charge is -2.10. The van der Waals surface area contributed by atoms with Gasteiger partial charge in [0.05, 0.1) is 19.2 Å². The third-order valence-electron chi connectivity index (χ3n) is 2.51. The van der Waals surface area contributed by atoms with Crippen molar-refractivity contribution in [3.8, 4) is 5.75 Å². The van der Waals surface area contributed by atoms with Gasteiger partial charge in [-0.05, 0) is 18.6 Å². The van der Waals surface area contributed by atoms with Crippen LogP contribution in [0.1, 0.15) is 13.3 Å². The number of hydrogen-bond acceptors (Lipinski definition) is 3.